The molecular weight excluding hydrogens is 258 g/mol. The smallest absolute Gasteiger partial charge is 0.129 e. The zero-order chi connectivity index (χ0) is 15.3. The molecule has 0 aromatic heterocycles. The Kier molecular flexibility index (Phi) is 5.61. The summed E-state index contributed by atoms with van der Waals surface area (Å²) in [6.45, 7) is 7.69. The molecule has 0 saturated carbocycles. The average molecular weight is 280 g/mol. The number of rotatable bonds is 6. The summed E-state index contributed by atoms with van der Waals surface area (Å²) in [4.78, 5) is 10.9. The van der Waals surface area contributed by atoms with E-state index in [-0.39, 0.29) is 5.92 Å². The van der Waals surface area contributed by atoms with Crippen LogP contribution < -0.4 is 0 Å². The Balaban J connectivity index is 3.20. The van der Waals surface area contributed by atoms with Crippen LogP contribution in [0.3, 0.4) is 0 Å². The second-order valence-corrected chi connectivity index (χ2v) is 5.99. The number of halogens is 2. The lowest BCUT2D eigenvalue weighted by molar-refractivity contribution is -0.111. The van der Waals surface area contributed by atoms with Gasteiger partial charge in [-0.2, -0.15) is 0 Å². The van der Waals surface area contributed by atoms with Gasteiger partial charge in [-0.1, -0.05) is 31.6 Å². The molecule has 0 aliphatic rings. The first kappa shape index (κ1) is 16.5. The first-order valence-electron chi connectivity index (χ1n) is 6.82. The van der Waals surface area contributed by atoms with Crippen LogP contribution in [-0.2, 0) is 10.2 Å². The van der Waals surface area contributed by atoms with E-state index in [9.17, 15) is 13.6 Å². The fraction of sp³-hybridized carbons (Fsp3) is 0.471. The van der Waals surface area contributed by atoms with Crippen molar-refractivity contribution in [3.05, 3.63) is 47.0 Å². The number of hydrogen-bond acceptors (Lipinski definition) is 1. The molecule has 0 amide bonds. The molecule has 0 bridgehead atoms. The van der Waals surface area contributed by atoms with E-state index < -0.39 is 17.0 Å². The van der Waals surface area contributed by atoms with Crippen molar-refractivity contribution in [2.24, 2.45) is 5.92 Å². The summed E-state index contributed by atoms with van der Waals surface area (Å²) in [5.41, 5.74) is 1.08. The summed E-state index contributed by atoms with van der Waals surface area (Å²) < 4.78 is 27.1. The summed E-state index contributed by atoms with van der Waals surface area (Å²) in [7, 11) is 0. The van der Waals surface area contributed by atoms with Gasteiger partial charge in [0.1, 0.15) is 17.9 Å². The zero-order valence-electron chi connectivity index (χ0n) is 12.5. The molecule has 2 atom stereocenters. The Morgan fingerprint density at radius 1 is 1.35 bits per heavy atom. The predicted molar refractivity (Wildman–Crippen MR) is 77.6 cm³/mol. The fourth-order valence-corrected chi connectivity index (χ4v) is 2.47. The maximum Gasteiger partial charge on any atom is 0.129 e. The van der Waals surface area contributed by atoms with E-state index in [0.29, 0.717) is 18.4 Å². The first-order valence-corrected chi connectivity index (χ1v) is 6.82. The third-order valence-corrected chi connectivity index (χ3v) is 3.55. The van der Waals surface area contributed by atoms with E-state index in [1.165, 1.54) is 12.1 Å². The van der Waals surface area contributed by atoms with E-state index in [0.717, 1.165) is 17.9 Å². The monoisotopic (exact) mass is 280 g/mol. The van der Waals surface area contributed by atoms with Gasteiger partial charge in [0.2, 0.25) is 0 Å². The Labute approximate surface area is 119 Å². The molecule has 0 aliphatic carbocycles. The topological polar surface area (TPSA) is 17.1 Å². The van der Waals surface area contributed by atoms with Crippen LogP contribution in [0.2, 0.25) is 0 Å². The van der Waals surface area contributed by atoms with Crippen molar-refractivity contribution >= 4 is 6.29 Å². The Hall–Kier alpha value is -1.51. The molecule has 0 saturated heterocycles. The van der Waals surface area contributed by atoms with Crippen molar-refractivity contribution in [2.45, 2.75) is 46.0 Å². The molecular formula is C17H22F2O. The molecule has 0 fully saturated rings. The highest BCUT2D eigenvalue weighted by molar-refractivity contribution is 5.53. The molecule has 20 heavy (non-hydrogen) atoms. The first-order chi connectivity index (χ1) is 9.28. The molecule has 110 valence electrons. The van der Waals surface area contributed by atoms with Gasteiger partial charge >= 0.3 is 0 Å². The Bertz CT molecular complexity index is 504. The summed E-state index contributed by atoms with van der Waals surface area (Å²) in [6.07, 6.45) is 4.06. The lowest BCUT2D eigenvalue weighted by atomic mass is 9.73. The van der Waals surface area contributed by atoms with Crippen LogP contribution in [0.25, 0.3) is 0 Å². The second-order valence-electron chi connectivity index (χ2n) is 5.99. The van der Waals surface area contributed by atoms with Crippen molar-refractivity contribution in [1.82, 2.24) is 0 Å². The number of carbonyl (C=O) groups is 1. The number of carbonyl (C=O) groups excluding carboxylic acids is 1. The van der Waals surface area contributed by atoms with E-state index in [2.05, 4.69) is 0 Å². The predicted octanol–water partition coefficient (Wildman–Crippen LogP) is 4.80. The second kappa shape index (κ2) is 6.78. The van der Waals surface area contributed by atoms with Gasteiger partial charge in [0.15, 0.2) is 0 Å². The fourth-order valence-electron chi connectivity index (χ4n) is 2.47. The lowest BCUT2D eigenvalue weighted by Gasteiger charge is -2.31. The van der Waals surface area contributed by atoms with E-state index in [1.54, 1.807) is 0 Å². The average Bonchev–Trinajstić information content (AvgIpc) is 2.36. The Morgan fingerprint density at radius 3 is 2.50 bits per heavy atom. The number of aldehydes is 1. The molecule has 0 aliphatic heterocycles. The van der Waals surface area contributed by atoms with Crippen molar-refractivity contribution < 1.29 is 13.6 Å². The summed E-state index contributed by atoms with van der Waals surface area (Å²) in [5, 5.41) is 0. The Morgan fingerprint density at radius 2 is 2.00 bits per heavy atom. The van der Waals surface area contributed by atoms with Gasteiger partial charge < -0.3 is 4.79 Å². The van der Waals surface area contributed by atoms with Gasteiger partial charge in [-0.25, -0.2) is 8.78 Å². The molecule has 1 aromatic rings. The summed E-state index contributed by atoms with van der Waals surface area (Å²) in [6, 6.07) is 3.66. The van der Waals surface area contributed by atoms with Crippen molar-refractivity contribution in [1.29, 1.82) is 0 Å². The molecule has 0 N–H and O–H groups in total. The van der Waals surface area contributed by atoms with Gasteiger partial charge in [-0.05, 0) is 43.7 Å². The summed E-state index contributed by atoms with van der Waals surface area (Å²) in [5.74, 6) is -1.30. The van der Waals surface area contributed by atoms with Crippen molar-refractivity contribution in [3.63, 3.8) is 0 Å². The highest BCUT2D eigenvalue weighted by Crippen LogP contribution is 2.36. The standard InChI is InChI=1S/C17H22F2O/c1-12(2)7-8-17(4,10-13(3)11-20)15-6-5-14(18)9-16(15)19/h5-7,9,11,13H,8,10H2,1-4H3. The molecule has 0 spiro atoms. The van der Waals surface area contributed by atoms with Crippen LogP contribution in [-0.4, -0.2) is 6.29 Å². The third-order valence-electron chi connectivity index (χ3n) is 3.55. The van der Waals surface area contributed by atoms with Crippen LogP contribution in [0.15, 0.2) is 29.8 Å². The molecule has 2 unspecified atom stereocenters. The minimum atomic E-state index is -0.584. The van der Waals surface area contributed by atoms with Crippen molar-refractivity contribution in [2.75, 3.05) is 0 Å². The highest BCUT2D eigenvalue weighted by atomic mass is 19.1. The van der Waals surface area contributed by atoms with Crippen LogP contribution >= 0.6 is 0 Å². The van der Waals surface area contributed by atoms with E-state index in [4.69, 9.17) is 0 Å². The summed E-state index contributed by atoms with van der Waals surface area (Å²) >= 11 is 0. The van der Waals surface area contributed by atoms with Gasteiger partial charge in [0.25, 0.3) is 0 Å². The van der Waals surface area contributed by atoms with Crippen LogP contribution in [0.5, 0.6) is 0 Å². The zero-order valence-corrected chi connectivity index (χ0v) is 12.5. The molecule has 3 heteroatoms. The molecule has 0 heterocycles. The van der Waals surface area contributed by atoms with Crippen LogP contribution in [0.1, 0.15) is 46.1 Å². The normalized spacial score (nSPS) is 15.3. The maximum absolute atomic E-state index is 14.1. The molecule has 0 radical (unpaired) electrons. The SMILES string of the molecule is CC(C)=CCC(C)(CC(C)C=O)c1ccc(F)cc1F. The number of benzene rings is 1. The number of hydrogen-bond donors (Lipinski definition) is 0. The quantitative estimate of drug-likeness (QED) is 0.540. The van der Waals surface area contributed by atoms with Gasteiger partial charge in [0.05, 0.1) is 0 Å². The van der Waals surface area contributed by atoms with Crippen molar-refractivity contribution in [3.8, 4) is 0 Å². The highest BCUT2D eigenvalue weighted by Gasteiger charge is 2.30. The van der Waals surface area contributed by atoms with Gasteiger partial charge in [0, 0.05) is 12.0 Å². The molecule has 1 rings (SSSR count). The van der Waals surface area contributed by atoms with Gasteiger partial charge in [-0.15, -0.1) is 0 Å². The third kappa shape index (κ3) is 4.26. The maximum atomic E-state index is 14.1. The largest absolute Gasteiger partial charge is 0.303 e. The minimum Gasteiger partial charge on any atom is -0.303 e. The van der Waals surface area contributed by atoms with E-state index in [1.807, 2.05) is 33.8 Å². The van der Waals surface area contributed by atoms with Gasteiger partial charge in [-0.3, -0.25) is 0 Å². The minimum absolute atomic E-state index is 0.171. The molecule has 1 nitrogen and oxygen atoms in total. The van der Waals surface area contributed by atoms with Crippen LogP contribution in [0, 0.1) is 17.6 Å². The van der Waals surface area contributed by atoms with E-state index >= 15 is 0 Å². The molecule has 1 aromatic carbocycles. The lowest BCUT2D eigenvalue weighted by Crippen LogP contribution is -2.26. The number of allylic oxidation sites excluding steroid dienone is 2. The van der Waals surface area contributed by atoms with Crippen LogP contribution in [0.4, 0.5) is 8.78 Å².